The fraction of sp³-hybridized carbons (Fsp3) is 1.00. The van der Waals surface area contributed by atoms with Gasteiger partial charge in [0.25, 0.3) is 0 Å². The van der Waals surface area contributed by atoms with Gasteiger partial charge < -0.3 is 15.1 Å². The number of likely N-dealkylation sites (tertiary alicyclic amines) is 1. The van der Waals surface area contributed by atoms with Crippen LogP contribution in [0.15, 0.2) is 0 Å². The smallest absolute Gasteiger partial charge is 0.0170 e. The standard InChI is InChI=1S/C13H27N3S/c1-15-6-3-12(9-15)10-16(2)7-4-13-11-17-8-5-14-13/h12-14H,3-11H2,1-2H3. The molecular formula is C13H27N3S. The molecule has 2 fully saturated rings. The van der Waals surface area contributed by atoms with Crippen molar-refractivity contribution in [1.82, 2.24) is 15.1 Å². The van der Waals surface area contributed by atoms with Crippen LogP contribution in [0, 0.1) is 5.92 Å². The third-order valence-electron chi connectivity index (χ3n) is 3.92. The minimum absolute atomic E-state index is 0.752. The molecular weight excluding hydrogens is 230 g/mol. The van der Waals surface area contributed by atoms with Crippen LogP contribution < -0.4 is 5.32 Å². The predicted molar refractivity (Wildman–Crippen MR) is 76.8 cm³/mol. The molecule has 3 nitrogen and oxygen atoms in total. The zero-order valence-electron chi connectivity index (χ0n) is 11.3. The molecule has 1 N–H and O–H groups in total. The normalized spacial score (nSPS) is 31.2. The van der Waals surface area contributed by atoms with E-state index in [1.165, 1.54) is 57.1 Å². The average molecular weight is 257 g/mol. The van der Waals surface area contributed by atoms with E-state index in [2.05, 4.69) is 41.0 Å². The fourth-order valence-electron chi connectivity index (χ4n) is 2.89. The molecule has 0 radical (unpaired) electrons. The zero-order chi connectivity index (χ0) is 12.1. The van der Waals surface area contributed by atoms with Crippen molar-refractivity contribution >= 4 is 11.8 Å². The van der Waals surface area contributed by atoms with Crippen molar-refractivity contribution < 1.29 is 0 Å². The molecule has 2 atom stereocenters. The van der Waals surface area contributed by atoms with Crippen LogP contribution in [0.5, 0.6) is 0 Å². The first-order chi connectivity index (χ1) is 8.24. The molecule has 2 rings (SSSR count). The summed E-state index contributed by atoms with van der Waals surface area (Å²) < 4.78 is 0. The third-order valence-corrected chi connectivity index (χ3v) is 5.05. The zero-order valence-corrected chi connectivity index (χ0v) is 12.1. The summed E-state index contributed by atoms with van der Waals surface area (Å²) in [5, 5.41) is 3.62. The molecule has 0 aromatic carbocycles. The molecule has 0 aliphatic carbocycles. The van der Waals surface area contributed by atoms with Gasteiger partial charge in [0.05, 0.1) is 0 Å². The first kappa shape index (κ1) is 13.7. The predicted octanol–water partition coefficient (Wildman–Crippen LogP) is 0.965. The van der Waals surface area contributed by atoms with E-state index in [0.29, 0.717) is 0 Å². The lowest BCUT2D eigenvalue weighted by atomic mass is 10.1. The molecule has 4 heteroatoms. The molecule has 2 saturated heterocycles. The van der Waals surface area contributed by atoms with Crippen LogP contribution in [0.1, 0.15) is 12.8 Å². The Hall–Kier alpha value is 0.230. The van der Waals surface area contributed by atoms with Crippen LogP contribution in [0.25, 0.3) is 0 Å². The fourth-order valence-corrected chi connectivity index (χ4v) is 3.89. The van der Waals surface area contributed by atoms with Gasteiger partial charge in [0, 0.05) is 37.2 Å². The molecule has 0 aromatic rings. The Morgan fingerprint density at radius 3 is 3.00 bits per heavy atom. The molecule has 0 bridgehead atoms. The highest BCUT2D eigenvalue weighted by atomic mass is 32.2. The average Bonchev–Trinajstić information content (AvgIpc) is 2.73. The number of thioether (sulfide) groups is 1. The highest BCUT2D eigenvalue weighted by Crippen LogP contribution is 2.16. The Balaban J connectivity index is 1.58. The molecule has 0 spiro atoms. The second kappa shape index (κ2) is 6.98. The van der Waals surface area contributed by atoms with Crippen LogP contribution in [0.2, 0.25) is 0 Å². The van der Waals surface area contributed by atoms with Gasteiger partial charge in [-0.15, -0.1) is 0 Å². The largest absolute Gasteiger partial charge is 0.312 e. The van der Waals surface area contributed by atoms with Gasteiger partial charge in [-0.2, -0.15) is 11.8 Å². The van der Waals surface area contributed by atoms with Crippen LogP contribution in [0.4, 0.5) is 0 Å². The second-order valence-corrected chi connectivity index (χ2v) is 6.84. The Bertz CT molecular complexity index is 219. The summed E-state index contributed by atoms with van der Waals surface area (Å²) in [4.78, 5) is 4.99. The summed E-state index contributed by atoms with van der Waals surface area (Å²) in [5.74, 6) is 3.50. The molecule has 2 heterocycles. The van der Waals surface area contributed by atoms with E-state index in [-0.39, 0.29) is 0 Å². The molecule has 0 saturated carbocycles. The maximum absolute atomic E-state index is 3.62. The minimum Gasteiger partial charge on any atom is -0.312 e. The molecule has 2 aliphatic rings. The van der Waals surface area contributed by atoms with E-state index in [1.807, 2.05) is 0 Å². The van der Waals surface area contributed by atoms with Crippen molar-refractivity contribution in [3.05, 3.63) is 0 Å². The van der Waals surface area contributed by atoms with Crippen LogP contribution in [-0.2, 0) is 0 Å². The van der Waals surface area contributed by atoms with Crippen molar-refractivity contribution in [2.24, 2.45) is 5.92 Å². The van der Waals surface area contributed by atoms with Crippen LogP contribution in [-0.4, -0.2) is 74.2 Å². The van der Waals surface area contributed by atoms with E-state index in [4.69, 9.17) is 0 Å². The molecule has 17 heavy (non-hydrogen) atoms. The summed E-state index contributed by atoms with van der Waals surface area (Å²) in [7, 11) is 4.53. The first-order valence-electron chi connectivity index (χ1n) is 6.92. The van der Waals surface area contributed by atoms with Gasteiger partial charge in [-0.05, 0) is 45.9 Å². The van der Waals surface area contributed by atoms with Gasteiger partial charge in [-0.1, -0.05) is 0 Å². The molecule has 2 unspecified atom stereocenters. The molecule has 0 aromatic heterocycles. The van der Waals surface area contributed by atoms with E-state index < -0.39 is 0 Å². The topological polar surface area (TPSA) is 18.5 Å². The Morgan fingerprint density at radius 2 is 2.35 bits per heavy atom. The molecule has 0 amide bonds. The van der Waals surface area contributed by atoms with Crippen molar-refractivity contribution in [3.63, 3.8) is 0 Å². The lowest BCUT2D eigenvalue weighted by molar-refractivity contribution is 0.262. The van der Waals surface area contributed by atoms with Crippen molar-refractivity contribution in [1.29, 1.82) is 0 Å². The van der Waals surface area contributed by atoms with Gasteiger partial charge in [0.1, 0.15) is 0 Å². The third kappa shape index (κ3) is 4.78. The van der Waals surface area contributed by atoms with Gasteiger partial charge in [0.15, 0.2) is 0 Å². The summed E-state index contributed by atoms with van der Waals surface area (Å²) in [6.07, 6.45) is 2.70. The van der Waals surface area contributed by atoms with Crippen LogP contribution >= 0.6 is 11.8 Å². The molecule has 2 aliphatic heterocycles. The van der Waals surface area contributed by atoms with Gasteiger partial charge in [0.2, 0.25) is 0 Å². The number of rotatable bonds is 5. The number of nitrogens with one attached hydrogen (secondary N) is 1. The Kier molecular flexibility index (Phi) is 5.60. The number of nitrogens with zero attached hydrogens (tertiary/aromatic N) is 2. The lowest BCUT2D eigenvalue weighted by Gasteiger charge is -2.26. The van der Waals surface area contributed by atoms with E-state index in [9.17, 15) is 0 Å². The van der Waals surface area contributed by atoms with Crippen molar-refractivity contribution in [2.45, 2.75) is 18.9 Å². The SMILES string of the molecule is CN1CCC(CN(C)CCC2CSCCN2)C1. The summed E-state index contributed by atoms with van der Waals surface area (Å²) >= 11 is 2.10. The highest BCUT2D eigenvalue weighted by molar-refractivity contribution is 7.99. The maximum atomic E-state index is 3.62. The van der Waals surface area contributed by atoms with Crippen molar-refractivity contribution in [3.8, 4) is 0 Å². The lowest BCUT2D eigenvalue weighted by Crippen LogP contribution is -2.40. The van der Waals surface area contributed by atoms with Crippen LogP contribution in [0.3, 0.4) is 0 Å². The Morgan fingerprint density at radius 1 is 1.47 bits per heavy atom. The summed E-state index contributed by atoms with van der Waals surface area (Å²) in [6, 6.07) is 0.752. The maximum Gasteiger partial charge on any atom is 0.0170 e. The van der Waals surface area contributed by atoms with Gasteiger partial charge in [-0.25, -0.2) is 0 Å². The molecule has 100 valence electrons. The summed E-state index contributed by atoms with van der Waals surface area (Å²) in [5.41, 5.74) is 0. The number of hydrogen-bond donors (Lipinski definition) is 1. The monoisotopic (exact) mass is 257 g/mol. The number of hydrogen-bond acceptors (Lipinski definition) is 4. The van der Waals surface area contributed by atoms with Crippen molar-refractivity contribution in [2.75, 3.05) is 58.3 Å². The first-order valence-corrected chi connectivity index (χ1v) is 8.07. The van der Waals surface area contributed by atoms with Gasteiger partial charge >= 0.3 is 0 Å². The van der Waals surface area contributed by atoms with E-state index >= 15 is 0 Å². The minimum atomic E-state index is 0.752. The van der Waals surface area contributed by atoms with Gasteiger partial charge in [-0.3, -0.25) is 0 Å². The van der Waals surface area contributed by atoms with E-state index in [1.54, 1.807) is 0 Å². The highest BCUT2D eigenvalue weighted by Gasteiger charge is 2.21. The quantitative estimate of drug-likeness (QED) is 0.790. The second-order valence-electron chi connectivity index (χ2n) is 5.69. The van der Waals surface area contributed by atoms with E-state index in [0.717, 1.165) is 12.0 Å². The summed E-state index contributed by atoms with van der Waals surface area (Å²) in [6.45, 7) is 6.32. The Labute approximate surface area is 110 Å².